The number of hydrogen-bond acceptors (Lipinski definition) is 5. The first-order valence-electron chi connectivity index (χ1n) is 11.0. The van der Waals surface area contributed by atoms with Crippen LogP contribution in [0.1, 0.15) is 55.6 Å². The minimum atomic E-state index is -4.09. The third-order valence-corrected chi connectivity index (χ3v) is 8.56. The number of aryl methyl sites for hydroxylation is 1. The molecule has 8 heteroatoms. The number of ether oxygens (including phenoxy) is 1. The third-order valence-electron chi connectivity index (χ3n) is 7.20. The van der Waals surface area contributed by atoms with Crippen molar-refractivity contribution in [2.45, 2.75) is 54.8 Å². The molecule has 0 unspecified atom stereocenters. The molecule has 168 valence electrons. The molecule has 2 aliphatic rings. The Morgan fingerprint density at radius 2 is 1.97 bits per heavy atom. The summed E-state index contributed by atoms with van der Waals surface area (Å²) in [5.74, 6) is 0.645. The second kappa shape index (κ2) is 7.62. The van der Waals surface area contributed by atoms with Crippen LogP contribution in [0.3, 0.4) is 0 Å². The first-order chi connectivity index (χ1) is 15.4. The Balaban J connectivity index is 1.52. The molecule has 0 spiro atoms. The molecule has 3 aromatic rings. The summed E-state index contributed by atoms with van der Waals surface area (Å²) in [7, 11) is -0.809. The summed E-state index contributed by atoms with van der Waals surface area (Å²) in [6.07, 6.45) is 7.17. The summed E-state index contributed by atoms with van der Waals surface area (Å²) < 4.78 is 36.1. The molecule has 0 saturated heterocycles. The van der Waals surface area contributed by atoms with Crippen molar-refractivity contribution in [2.24, 2.45) is 7.05 Å². The maximum atomic E-state index is 13.6. The number of methoxy groups -OCH3 is 1. The molecule has 7 nitrogen and oxygen atoms in total. The van der Waals surface area contributed by atoms with E-state index < -0.39 is 21.3 Å². The molecule has 0 bridgehead atoms. The van der Waals surface area contributed by atoms with Gasteiger partial charge >= 0.3 is 0 Å². The Morgan fingerprint density at radius 1 is 1.19 bits per heavy atom. The highest BCUT2D eigenvalue weighted by Gasteiger charge is 2.49. The van der Waals surface area contributed by atoms with Gasteiger partial charge in [0.2, 0.25) is 5.91 Å². The molecule has 1 aromatic heterocycles. The number of carbonyl (C=O) groups excluding carboxylic acids is 1. The Labute approximate surface area is 187 Å². The number of aromatic nitrogens is 2. The van der Waals surface area contributed by atoms with Crippen molar-refractivity contribution in [1.29, 1.82) is 0 Å². The molecule has 0 radical (unpaired) electrons. The fraction of sp³-hybridized carbons (Fsp3) is 0.417. The number of para-hydroxylation sites is 1. The molecule has 0 atom stereocenters. The Morgan fingerprint density at radius 3 is 2.59 bits per heavy atom. The lowest BCUT2D eigenvalue weighted by atomic mass is 9.63. The Hall–Kier alpha value is -2.87. The van der Waals surface area contributed by atoms with Crippen LogP contribution in [0.5, 0.6) is 5.75 Å². The summed E-state index contributed by atoms with van der Waals surface area (Å²) in [5.41, 5.74) is 1.56. The van der Waals surface area contributed by atoms with Gasteiger partial charge < -0.3 is 4.74 Å². The van der Waals surface area contributed by atoms with Gasteiger partial charge in [-0.1, -0.05) is 37.1 Å². The normalized spacial score (nSPS) is 18.1. The van der Waals surface area contributed by atoms with Gasteiger partial charge in [0.05, 0.1) is 24.2 Å². The zero-order valence-corrected chi connectivity index (χ0v) is 19.1. The first kappa shape index (κ1) is 21.0. The van der Waals surface area contributed by atoms with Crippen molar-refractivity contribution >= 4 is 26.8 Å². The molecule has 2 aliphatic carbocycles. The van der Waals surface area contributed by atoms with Gasteiger partial charge in [0.15, 0.2) is 0 Å². The van der Waals surface area contributed by atoms with E-state index in [4.69, 9.17) is 4.74 Å². The van der Waals surface area contributed by atoms with Crippen molar-refractivity contribution in [2.75, 3.05) is 7.11 Å². The van der Waals surface area contributed by atoms with Crippen LogP contribution in [0, 0.1) is 0 Å². The van der Waals surface area contributed by atoms with Crippen molar-refractivity contribution in [3.63, 3.8) is 0 Å². The summed E-state index contributed by atoms with van der Waals surface area (Å²) in [6, 6.07) is 11.0. The zero-order chi connectivity index (χ0) is 22.5. The van der Waals surface area contributed by atoms with Gasteiger partial charge in [-0.05, 0) is 49.3 Å². The minimum absolute atomic E-state index is 0.0491. The van der Waals surface area contributed by atoms with Gasteiger partial charge in [-0.15, -0.1) is 0 Å². The van der Waals surface area contributed by atoms with E-state index in [-0.39, 0.29) is 4.90 Å². The minimum Gasteiger partial charge on any atom is -0.496 e. The van der Waals surface area contributed by atoms with E-state index >= 15 is 0 Å². The van der Waals surface area contributed by atoms with Crippen molar-refractivity contribution in [1.82, 2.24) is 14.5 Å². The summed E-state index contributed by atoms with van der Waals surface area (Å²) in [4.78, 5) is 13.6. The number of carbonyl (C=O) groups is 1. The van der Waals surface area contributed by atoms with Crippen LogP contribution in [0.15, 0.2) is 47.5 Å². The molecule has 2 aromatic carbocycles. The highest BCUT2D eigenvalue weighted by molar-refractivity contribution is 7.90. The molecule has 2 fully saturated rings. The van der Waals surface area contributed by atoms with E-state index in [9.17, 15) is 13.2 Å². The van der Waals surface area contributed by atoms with E-state index in [1.54, 1.807) is 32.5 Å². The van der Waals surface area contributed by atoms with Gasteiger partial charge in [0.1, 0.15) is 10.6 Å². The van der Waals surface area contributed by atoms with Crippen LogP contribution in [0.2, 0.25) is 0 Å². The second-order valence-electron chi connectivity index (χ2n) is 8.92. The lowest BCUT2D eigenvalue weighted by molar-refractivity contribution is -0.128. The largest absolute Gasteiger partial charge is 0.496 e. The van der Waals surface area contributed by atoms with E-state index in [0.717, 1.165) is 24.8 Å². The lowest BCUT2D eigenvalue weighted by Crippen LogP contribution is -2.51. The topological polar surface area (TPSA) is 90.3 Å². The molecule has 0 aliphatic heterocycles. The van der Waals surface area contributed by atoms with Gasteiger partial charge in [-0.25, -0.2) is 13.1 Å². The standard InChI is InChI=1S/C24H27N3O4S/c1-27-22-18(15-25-27)8-4-9-21(22)32(29,30)26-23(28)24(12-5-13-24)19-14-17(16-6-3-7-16)10-11-20(19)31-2/h4,8-11,14-16H,3,5-7,12-13H2,1-2H3,(H,26,28). The molecule has 2 saturated carbocycles. The van der Waals surface area contributed by atoms with E-state index in [0.29, 0.717) is 35.4 Å². The maximum Gasteiger partial charge on any atom is 0.266 e. The summed E-state index contributed by atoms with van der Waals surface area (Å²) in [5, 5.41) is 4.86. The number of nitrogens with one attached hydrogen (secondary N) is 1. The fourth-order valence-corrected chi connectivity index (χ4v) is 6.24. The molecule has 1 amide bonds. The lowest BCUT2D eigenvalue weighted by Gasteiger charge is -2.41. The van der Waals surface area contributed by atoms with Gasteiger partial charge in [0, 0.05) is 18.0 Å². The summed E-state index contributed by atoms with van der Waals surface area (Å²) >= 11 is 0. The van der Waals surface area contributed by atoms with Crippen LogP contribution >= 0.6 is 0 Å². The van der Waals surface area contributed by atoms with Crippen molar-refractivity contribution in [3.05, 3.63) is 53.7 Å². The highest BCUT2D eigenvalue weighted by Crippen LogP contribution is 2.49. The quantitative estimate of drug-likeness (QED) is 0.614. The smallest absolute Gasteiger partial charge is 0.266 e. The number of hydrogen-bond donors (Lipinski definition) is 1. The number of fused-ring (bicyclic) bond motifs is 1. The van der Waals surface area contributed by atoms with Crippen LogP contribution in [-0.4, -0.2) is 31.2 Å². The zero-order valence-electron chi connectivity index (χ0n) is 18.3. The van der Waals surface area contributed by atoms with E-state index in [1.807, 2.05) is 6.07 Å². The van der Waals surface area contributed by atoms with Crippen LogP contribution in [-0.2, 0) is 27.3 Å². The van der Waals surface area contributed by atoms with E-state index in [1.165, 1.54) is 22.7 Å². The predicted molar refractivity (Wildman–Crippen MR) is 121 cm³/mol. The molecular formula is C24H27N3O4S. The summed E-state index contributed by atoms with van der Waals surface area (Å²) in [6.45, 7) is 0. The number of benzene rings is 2. The average molecular weight is 454 g/mol. The highest BCUT2D eigenvalue weighted by atomic mass is 32.2. The Bertz CT molecular complexity index is 1300. The number of sulfonamides is 1. The molecular weight excluding hydrogens is 426 g/mol. The average Bonchev–Trinajstić information content (AvgIpc) is 3.07. The fourth-order valence-electron chi connectivity index (χ4n) is 4.93. The van der Waals surface area contributed by atoms with Crippen molar-refractivity contribution in [3.8, 4) is 5.75 Å². The number of amides is 1. The van der Waals surface area contributed by atoms with E-state index in [2.05, 4.69) is 22.0 Å². The van der Waals surface area contributed by atoms with Gasteiger partial charge in [-0.2, -0.15) is 5.10 Å². The second-order valence-corrected chi connectivity index (χ2v) is 10.6. The SMILES string of the molecule is COc1ccc(C2CCC2)cc1C1(C(=O)NS(=O)(=O)c2cccc3cnn(C)c23)CCC1. The van der Waals surface area contributed by atoms with Gasteiger partial charge in [0.25, 0.3) is 10.0 Å². The molecule has 1 N–H and O–H groups in total. The van der Waals surface area contributed by atoms with Crippen molar-refractivity contribution < 1.29 is 17.9 Å². The van der Waals surface area contributed by atoms with Crippen LogP contribution < -0.4 is 9.46 Å². The molecule has 5 rings (SSSR count). The number of nitrogens with zero attached hydrogens (tertiary/aromatic N) is 2. The van der Waals surface area contributed by atoms with Gasteiger partial charge in [-0.3, -0.25) is 9.48 Å². The molecule has 32 heavy (non-hydrogen) atoms. The Kier molecular flexibility index (Phi) is 5.00. The molecule has 1 heterocycles. The predicted octanol–water partition coefficient (Wildman–Crippen LogP) is 3.78. The monoisotopic (exact) mass is 453 g/mol. The first-order valence-corrected chi connectivity index (χ1v) is 12.5. The number of rotatable bonds is 6. The third kappa shape index (κ3) is 3.20. The van der Waals surface area contributed by atoms with Crippen LogP contribution in [0.4, 0.5) is 0 Å². The van der Waals surface area contributed by atoms with Crippen LogP contribution in [0.25, 0.3) is 10.9 Å². The maximum absolute atomic E-state index is 13.6.